The second-order valence-corrected chi connectivity index (χ2v) is 3.26. The van der Waals surface area contributed by atoms with E-state index in [9.17, 15) is 5.21 Å². The van der Waals surface area contributed by atoms with Crippen molar-refractivity contribution in [1.29, 1.82) is 0 Å². The molecule has 0 unspecified atom stereocenters. The van der Waals surface area contributed by atoms with Crippen molar-refractivity contribution in [2.75, 3.05) is 5.06 Å². The number of aliphatic imine (C=N–C) groups is 1. The van der Waals surface area contributed by atoms with Crippen molar-refractivity contribution in [2.24, 2.45) is 4.99 Å². The Kier molecular flexibility index (Phi) is 3.31. The molecule has 0 atom stereocenters. The lowest BCUT2D eigenvalue weighted by Crippen LogP contribution is -2.14. The SMILES string of the molecule is ON(/C=N/c1ccccc1)c1ccccc1. The molecule has 2 rings (SSSR count). The Bertz CT molecular complexity index is 454. The van der Waals surface area contributed by atoms with Crippen LogP contribution in [0.25, 0.3) is 0 Å². The number of nitrogens with zero attached hydrogens (tertiary/aromatic N) is 2. The normalized spacial score (nSPS) is 10.6. The maximum Gasteiger partial charge on any atom is 0.122 e. The number of rotatable bonds is 3. The summed E-state index contributed by atoms with van der Waals surface area (Å²) >= 11 is 0. The fraction of sp³-hybridized carbons (Fsp3) is 0. The lowest BCUT2D eigenvalue weighted by Gasteiger charge is -2.09. The van der Waals surface area contributed by atoms with E-state index in [-0.39, 0.29) is 0 Å². The molecule has 0 radical (unpaired) electrons. The third-order valence-electron chi connectivity index (χ3n) is 2.09. The van der Waals surface area contributed by atoms with Gasteiger partial charge in [-0.05, 0) is 24.3 Å². The van der Waals surface area contributed by atoms with Crippen molar-refractivity contribution >= 4 is 17.7 Å². The van der Waals surface area contributed by atoms with Crippen LogP contribution in [0, 0.1) is 0 Å². The Morgan fingerprint density at radius 2 is 1.44 bits per heavy atom. The average Bonchev–Trinajstić information content (AvgIpc) is 2.38. The fourth-order valence-electron chi connectivity index (χ4n) is 1.28. The summed E-state index contributed by atoms with van der Waals surface area (Å²) in [5.41, 5.74) is 1.49. The molecule has 0 saturated carbocycles. The van der Waals surface area contributed by atoms with Crippen molar-refractivity contribution in [3.63, 3.8) is 0 Å². The average molecular weight is 212 g/mol. The highest BCUT2D eigenvalue weighted by molar-refractivity contribution is 5.78. The fourth-order valence-corrected chi connectivity index (χ4v) is 1.28. The van der Waals surface area contributed by atoms with E-state index in [1.54, 1.807) is 12.1 Å². The lowest BCUT2D eigenvalue weighted by molar-refractivity contribution is 0.317. The molecule has 0 amide bonds. The summed E-state index contributed by atoms with van der Waals surface area (Å²) in [4.78, 5) is 4.13. The summed E-state index contributed by atoms with van der Waals surface area (Å²) in [5, 5.41) is 10.7. The number of para-hydroxylation sites is 2. The van der Waals surface area contributed by atoms with Crippen LogP contribution in [0.2, 0.25) is 0 Å². The van der Waals surface area contributed by atoms with Gasteiger partial charge in [0, 0.05) is 0 Å². The Hall–Kier alpha value is -2.13. The first kappa shape index (κ1) is 10.4. The van der Waals surface area contributed by atoms with Crippen molar-refractivity contribution in [3.8, 4) is 0 Å². The molecule has 1 N–H and O–H groups in total. The van der Waals surface area contributed by atoms with Crippen LogP contribution in [-0.4, -0.2) is 11.5 Å². The highest BCUT2D eigenvalue weighted by Crippen LogP contribution is 2.12. The minimum atomic E-state index is 0.683. The topological polar surface area (TPSA) is 35.8 Å². The number of hydrogen-bond donors (Lipinski definition) is 1. The number of benzene rings is 2. The predicted octanol–water partition coefficient (Wildman–Crippen LogP) is 3.24. The molecule has 0 aliphatic heterocycles. The van der Waals surface area contributed by atoms with E-state index in [4.69, 9.17) is 0 Å². The minimum absolute atomic E-state index is 0.683. The summed E-state index contributed by atoms with van der Waals surface area (Å²) < 4.78 is 0. The van der Waals surface area contributed by atoms with Crippen molar-refractivity contribution < 1.29 is 5.21 Å². The maximum absolute atomic E-state index is 9.67. The first-order valence-electron chi connectivity index (χ1n) is 4.98. The molecule has 80 valence electrons. The predicted molar refractivity (Wildman–Crippen MR) is 65.3 cm³/mol. The second-order valence-electron chi connectivity index (χ2n) is 3.26. The highest BCUT2D eigenvalue weighted by atomic mass is 16.5. The standard InChI is InChI=1S/C13H12N2O/c16-15(13-9-5-2-6-10-13)11-14-12-7-3-1-4-8-12/h1-11,16H/b14-11+. The van der Waals surface area contributed by atoms with Gasteiger partial charge >= 0.3 is 0 Å². The van der Waals surface area contributed by atoms with Gasteiger partial charge in [-0.2, -0.15) is 0 Å². The smallest absolute Gasteiger partial charge is 0.122 e. The summed E-state index contributed by atoms with van der Waals surface area (Å²) in [7, 11) is 0. The van der Waals surface area contributed by atoms with Gasteiger partial charge in [-0.3, -0.25) is 5.21 Å². The Morgan fingerprint density at radius 3 is 2.06 bits per heavy atom. The van der Waals surface area contributed by atoms with E-state index in [0.29, 0.717) is 5.69 Å². The molecule has 16 heavy (non-hydrogen) atoms. The van der Waals surface area contributed by atoms with Gasteiger partial charge in [0.15, 0.2) is 0 Å². The van der Waals surface area contributed by atoms with E-state index in [0.717, 1.165) is 10.8 Å². The zero-order valence-corrected chi connectivity index (χ0v) is 8.69. The molecule has 0 heterocycles. The minimum Gasteiger partial charge on any atom is -0.283 e. The van der Waals surface area contributed by atoms with Gasteiger partial charge in [-0.1, -0.05) is 36.4 Å². The molecule has 0 aliphatic rings. The zero-order valence-electron chi connectivity index (χ0n) is 8.69. The lowest BCUT2D eigenvalue weighted by atomic mass is 10.3. The molecule has 0 fully saturated rings. The monoisotopic (exact) mass is 212 g/mol. The van der Waals surface area contributed by atoms with Crippen LogP contribution in [0.4, 0.5) is 11.4 Å². The summed E-state index contributed by atoms with van der Waals surface area (Å²) in [6.07, 6.45) is 1.38. The second kappa shape index (κ2) is 5.09. The third kappa shape index (κ3) is 2.68. The van der Waals surface area contributed by atoms with E-state index >= 15 is 0 Å². The van der Waals surface area contributed by atoms with Crippen molar-refractivity contribution in [1.82, 2.24) is 0 Å². The van der Waals surface area contributed by atoms with Crippen LogP contribution in [0.1, 0.15) is 0 Å². The van der Waals surface area contributed by atoms with Crippen LogP contribution >= 0.6 is 0 Å². The first-order chi connectivity index (χ1) is 7.86. The molecule has 0 aliphatic carbocycles. The molecule has 0 spiro atoms. The van der Waals surface area contributed by atoms with E-state index in [2.05, 4.69) is 4.99 Å². The number of hydrogen-bond acceptors (Lipinski definition) is 2. The Labute approximate surface area is 94.3 Å². The van der Waals surface area contributed by atoms with Crippen LogP contribution in [0.3, 0.4) is 0 Å². The maximum atomic E-state index is 9.67. The quantitative estimate of drug-likeness (QED) is 0.481. The molecule has 2 aromatic carbocycles. The van der Waals surface area contributed by atoms with Crippen LogP contribution in [-0.2, 0) is 0 Å². The van der Waals surface area contributed by atoms with Gasteiger partial charge in [0.2, 0.25) is 0 Å². The zero-order chi connectivity index (χ0) is 11.2. The van der Waals surface area contributed by atoms with E-state index < -0.39 is 0 Å². The molecule has 2 aromatic rings. The number of anilines is 1. The molecular formula is C13H12N2O. The molecule has 0 bridgehead atoms. The van der Waals surface area contributed by atoms with Crippen molar-refractivity contribution in [3.05, 3.63) is 60.7 Å². The molecule has 0 saturated heterocycles. The molecule has 0 aromatic heterocycles. The van der Waals surface area contributed by atoms with Gasteiger partial charge in [0.05, 0.1) is 11.4 Å². The van der Waals surface area contributed by atoms with E-state index in [1.165, 1.54) is 6.34 Å². The summed E-state index contributed by atoms with van der Waals surface area (Å²) in [6, 6.07) is 18.7. The molecular weight excluding hydrogens is 200 g/mol. The largest absolute Gasteiger partial charge is 0.283 e. The van der Waals surface area contributed by atoms with Crippen LogP contribution in [0.15, 0.2) is 65.7 Å². The van der Waals surface area contributed by atoms with Crippen molar-refractivity contribution in [2.45, 2.75) is 0 Å². The Balaban J connectivity index is 2.08. The highest BCUT2D eigenvalue weighted by Gasteiger charge is 1.96. The van der Waals surface area contributed by atoms with Gasteiger partial charge < -0.3 is 0 Å². The van der Waals surface area contributed by atoms with Gasteiger partial charge in [-0.15, -0.1) is 0 Å². The molecule has 3 heteroatoms. The van der Waals surface area contributed by atoms with Gasteiger partial charge in [0.1, 0.15) is 6.34 Å². The van der Waals surface area contributed by atoms with Gasteiger partial charge in [-0.25, -0.2) is 10.1 Å². The third-order valence-corrected chi connectivity index (χ3v) is 2.09. The van der Waals surface area contributed by atoms with Crippen LogP contribution < -0.4 is 5.06 Å². The summed E-state index contributed by atoms with van der Waals surface area (Å²) in [5.74, 6) is 0. The molecule has 3 nitrogen and oxygen atoms in total. The summed E-state index contributed by atoms with van der Waals surface area (Å²) in [6.45, 7) is 0. The number of hydroxylamine groups is 1. The first-order valence-corrected chi connectivity index (χ1v) is 4.98. The van der Waals surface area contributed by atoms with Gasteiger partial charge in [0.25, 0.3) is 0 Å². The Morgan fingerprint density at radius 1 is 0.875 bits per heavy atom. The van der Waals surface area contributed by atoms with Crippen LogP contribution in [0.5, 0.6) is 0 Å². The van der Waals surface area contributed by atoms with E-state index in [1.807, 2.05) is 48.5 Å².